The Morgan fingerprint density at radius 1 is 1.47 bits per heavy atom. The topological polar surface area (TPSA) is 81.2 Å². The van der Waals surface area contributed by atoms with Crippen LogP contribution in [-0.2, 0) is 16.6 Å². The number of hydrogen-bond acceptors (Lipinski definition) is 4. The first kappa shape index (κ1) is 15.7. The lowest BCUT2D eigenvalue weighted by Gasteiger charge is -2.18. The first-order chi connectivity index (χ1) is 8.89. The molecule has 0 saturated carbocycles. The fourth-order valence-electron chi connectivity index (χ4n) is 1.99. The van der Waals surface area contributed by atoms with Crippen LogP contribution in [0.1, 0.15) is 18.3 Å². The van der Waals surface area contributed by atoms with Crippen LogP contribution in [0.5, 0.6) is 0 Å². The zero-order chi connectivity index (χ0) is 14.6. The molecule has 6 nitrogen and oxygen atoms in total. The number of terminal acetylenes is 1. The Kier molecular flexibility index (Phi) is 5.11. The molecule has 0 aromatic carbocycles. The SMILES string of the molecule is C#CCN(CC)S(=O)(=O)c1c(C)nn(CCN)c1C. The van der Waals surface area contributed by atoms with E-state index in [1.807, 2.05) is 0 Å². The summed E-state index contributed by atoms with van der Waals surface area (Å²) in [5.41, 5.74) is 6.55. The second-order valence-corrected chi connectivity index (χ2v) is 6.02. The normalized spacial score (nSPS) is 11.8. The molecule has 1 heterocycles. The minimum absolute atomic E-state index is 0.0553. The van der Waals surface area contributed by atoms with Gasteiger partial charge in [-0.05, 0) is 13.8 Å². The highest BCUT2D eigenvalue weighted by atomic mass is 32.2. The molecule has 0 saturated heterocycles. The molecule has 0 unspecified atom stereocenters. The van der Waals surface area contributed by atoms with Gasteiger partial charge in [-0.25, -0.2) is 8.42 Å². The molecule has 0 aliphatic rings. The van der Waals surface area contributed by atoms with Gasteiger partial charge in [0.1, 0.15) is 4.90 Å². The van der Waals surface area contributed by atoms with Crippen LogP contribution in [0.4, 0.5) is 0 Å². The van der Waals surface area contributed by atoms with Crippen molar-refractivity contribution in [1.29, 1.82) is 0 Å². The molecule has 0 aliphatic heterocycles. The first-order valence-corrected chi connectivity index (χ1v) is 7.51. The molecule has 1 aromatic heterocycles. The molecule has 0 atom stereocenters. The van der Waals surface area contributed by atoms with Crippen molar-refractivity contribution in [1.82, 2.24) is 14.1 Å². The molecular weight excluding hydrogens is 264 g/mol. The largest absolute Gasteiger partial charge is 0.329 e. The van der Waals surface area contributed by atoms with Crippen LogP contribution in [0.3, 0.4) is 0 Å². The van der Waals surface area contributed by atoms with Crippen molar-refractivity contribution in [2.75, 3.05) is 19.6 Å². The summed E-state index contributed by atoms with van der Waals surface area (Å²) in [6, 6.07) is 0. The van der Waals surface area contributed by atoms with Gasteiger partial charge in [0.05, 0.1) is 24.5 Å². The Hall–Kier alpha value is -1.36. The lowest BCUT2D eigenvalue weighted by molar-refractivity contribution is 0.463. The lowest BCUT2D eigenvalue weighted by atomic mass is 10.4. The van der Waals surface area contributed by atoms with Crippen LogP contribution < -0.4 is 5.73 Å². The van der Waals surface area contributed by atoms with E-state index in [1.165, 1.54) is 4.31 Å². The Morgan fingerprint density at radius 3 is 2.58 bits per heavy atom. The van der Waals surface area contributed by atoms with Gasteiger partial charge in [-0.1, -0.05) is 12.8 Å². The number of hydrogen-bond donors (Lipinski definition) is 1. The molecule has 0 fully saturated rings. The molecule has 0 spiro atoms. The summed E-state index contributed by atoms with van der Waals surface area (Å²) < 4.78 is 28.0. The van der Waals surface area contributed by atoms with E-state index in [2.05, 4.69) is 11.0 Å². The number of sulfonamides is 1. The molecule has 7 heteroatoms. The Labute approximate surface area is 114 Å². The highest BCUT2D eigenvalue weighted by Gasteiger charge is 2.29. The molecule has 19 heavy (non-hydrogen) atoms. The number of nitrogens with zero attached hydrogens (tertiary/aromatic N) is 3. The van der Waals surface area contributed by atoms with Crippen molar-refractivity contribution in [3.8, 4) is 12.3 Å². The first-order valence-electron chi connectivity index (χ1n) is 6.07. The highest BCUT2D eigenvalue weighted by Crippen LogP contribution is 2.23. The quantitative estimate of drug-likeness (QED) is 0.751. The Morgan fingerprint density at radius 2 is 2.11 bits per heavy atom. The molecule has 106 valence electrons. The van der Waals surface area contributed by atoms with Gasteiger partial charge < -0.3 is 5.73 Å². The van der Waals surface area contributed by atoms with Crippen molar-refractivity contribution in [3.05, 3.63) is 11.4 Å². The van der Waals surface area contributed by atoms with E-state index >= 15 is 0 Å². The molecule has 0 aliphatic carbocycles. The van der Waals surface area contributed by atoms with Crippen LogP contribution in [0.2, 0.25) is 0 Å². The standard InChI is InChI=1S/C12H20N4O2S/c1-5-8-15(6-2)19(17,18)12-10(3)14-16(9-7-13)11(12)4/h1H,6-9,13H2,2-4H3. The van der Waals surface area contributed by atoms with E-state index in [0.717, 1.165) is 0 Å². The van der Waals surface area contributed by atoms with Crippen LogP contribution in [0, 0.1) is 26.2 Å². The molecule has 0 amide bonds. The van der Waals surface area contributed by atoms with Crippen LogP contribution in [0.25, 0.3) is 0 Å². The number of aromatic nitrogens is 2. The van der Waals surface area contributed by atoms with Crippen molar-refractivity contribution >= 4 is 10.0 Å². The number of aryl methyl sites for hydroxylation is 1. The summed E-state index contributed by atoms with van der Waals surface area (Å²) in [5, 5.41) is 4.22. The summed E-state index contributed by atoms with van der Waals surface area (Å²) in [6.07, 6.45) is 5.22. The predicted molar refractivity (Wildman–Crippen MR) is 74.0 cm³/mol. The van der Waals surface area contributed by atoms with Crippen LogP contribution in [-0.4, -0.2) is 42.1 Å². The van der Waals surface area contributed by atoms with E-state index in [4.69, 9.17) is 12.2 Å². The molecule has 0 bridgehead atoms. The van der Waals surface area contributed by atoms with Gasteiger partial charge in [-0.3, -0.25) is 4.68 Å². The predicted octanol–water partition coefficient (Wildman–Crippen LogP) is 0.102. The highest BCUT2D eigenvalue weighted by molar-refractivity contribution is 7.89. The lowest BCUT2D eigenvalue weighted by Crippen LogP contribution is -2.32. The summed E-state index contributed by atoms with van der Waals surface area (Å²) >= 11 is 0. The fraction of sp³-hybridized carbons (Fsp3) is 0.583. The monoisotopic (exact) mass is 284 g/mol. The molecular formula is C12H20N4O2S. The molecule has 0 radical (unpaired) electrons. The van der Waals surface area contributed by atoms with Crippen molar-refractivity contribution in [3.63, 3.8) is 0 Å². The molecule has 2 N–H and O–H groups in total. The van der Waals surface area contributed by atoms with E-state index in [0.29, 0.717) is 31.0 Å². The van der Waals surface area contributed by atoms with Gasteiger partial charge in [0.15, 0.2) is 0 Å². The maximum absolute atomic E-state index is 12.6. The maximum Gasteiger partial charge on any atom is 0.247 e. The average molecular weight is 284 g/mol. The van der Waals surface area contributed by atoms with Gasteiger partial charge in [0.25, 0.3) is 0 Å². The second-order valence-electron chi connectivity index (χ2n) is 4.15. The van der Waals surface area contributed by atoms with Gasteiger partial charge in [0.2, 0.25) is 10.0 Å². The third-order valence-electron chi connectivity index (χ3n) is 2.87. The van der Waals surface area contributed by atoms with Gasteiger partial charge in [0, 0.05) is 13.1 Å². The second kappa shape index (κ2) is 6.19. The Bertz CT molecular complexity index is 584. The summed E-state index contributed by atoms with van der Waals surface area (Å²) in [6.45, 7) is 6.44. The summed E-state index contributed by atoms with van der Waals surface area (Å²) in [7, 11) is -3.61. The average Bonchev–Trinajstić information content (AvgIpc) is 2.62. The Balaban J connectivity index is 3.33. The smallest absolute Gasteiger partial charge is 0.247 e. The van der Waals surface area contributed by atoms with Gasteiger partial charge in [-0.15, -0.1) is 6.42 Å². The van der Waals surface area contributed by atoms with Gasteiger partial charge in [-0.2, -0.15) is 9.40 Å². The van der Waals surface area contributed by atoms with Crippen LogP contribution >= 0.6 is 0 Å². The number of nitrogens with two attached hydrogens (primary N) is 1. The van der Waals surface area contributed by atoms with Gasteiger partial charge >= 0.3 is 0 Å². The van der Waals surface area contributed by atoms with E-state index < -0.39 is 10.0 Å². The zero-order valence-corrected chi connectivity index (χ0v) is 12.4. The van der Waals surface area contributed by atoms with Crippen molar-refractivity contribution in [2.45, 2.75) is 32.2 Å². The van der Waals surface area contributed by atoms with Crippen molar-refractivity contribution < 1.29 is 8.42 Å². The third kappa shape index (κ3) is 2.97. The summed E-state index contributed by atoms with van der Waals surface area (Å²) in [5.74, 6) is 2.37. The fourth-order valence-corrected chi connectivity index (χ4v) is 3.73. The molecule has 1 aromatic rings. The van der Waals surface area contributed by atoms with Crippen LogP contribution in [0.15, 0.2) is 4.90 Å². The van der Waals surface area contributed by atoms with E-state index in [-0.39, 0.29) is 11.4 Å². The molecule has 1 rings (SSSR count). The van der Waals surface area contributed by atoms with E-state index in [1.54, 1.807) is 25.5 Å². The summed E-state index contributed by atoms with van der Waals surface area (Å²) in [4.78, 5) is 0.234. The van der Waals surface area contributed by atoms with Crippen molar-refractivity contribution in [2.24, 2.45) is 5.73 Å². The minimum atomic E-state index is -3.61. The maximum atomic E-state index is 12.6. The minimum Gasteiger partial charge on any atom is -0.329 e. The number of rotatable bonds is 6. The van der Waals surface area contributed by atoms with E-state index in [9.17, 15) is 8.42 Å². The zero-order valence-electron chi connectivity index (χ0n) is 11.5. The third-order valence-corrected chi connectivity index (χ3v) is 5.05.